The molecular weight excluding hydrogens is 233 g/mol. The Morgan fingerprint density at radius 2 is 2.17 bits per heavy atom. The van der Waals surface area contributed by atoms with E-state index in [-0.39, 0.29) is 11.8 Å². The van der Waals surface area contributed by atoms with Crippen molar-refractivity contribution >= 4 is 11.7 Å². The minimum Gasteiger partial charge on any atom is -0.466 e. The quantitative estimate of drug-likeness (QED) is 0.570. The van der Waals surface area contributed by atoms with Crippen molar-refractivity contribution in [2.45, 2.75) is 32.6 Å². The molecular formula is C14H20FNO2. The van der Waals surface area contributed by atoms with E-state index in [0.29, 0.717) is 13.0 Å². The van der Waals surface area contributed by atoms with Crippen molar-refractivity contribution in [2.24, 2.45) is 0 Å². The monoisotopic (exact) mass is 253 g/mol. The van der Waals surface area contributed by atoms with Crippen molar-refractivity contribution < 1.29 is 13.9 Å². The summed E-state index contributed by atoms with van der Waals surface area (Å²) in [7, 11) is 0. The zero-order chi connectivity index (χ0) is 13.2. The van der Waals surface area contributed by atoms with Gasteiger partial charge in [0.2, 0.25) is 0 Å². The predicted octanol–water partition coefficient (Wildman–Crippen LogP) is 3.36. The summed E-state index contributed by atoms with van der Waals surface area (Å²) >= 11 is 0. The van der Waals surface area contributed by atoms with Crippen molar-refractivity contribution in [3.05, 3.63) is 30.1 Å². The maximum Gasteiger partial charge on any atom is 0.305 e. The molecule has 18 heavy (non-hydrogen) atoms. The highest BCUT2D eigenvalue weighted by molar-refractivity contribution is 5.69. The molecule has 0 saturated heterocycles. The SMILES string of the molecule is CCOC(=O)CCCCCNc1cccc(F)c1. The second kappa shape index (κ2) is 8.50. The fourth-order valence-electron chi connectivity index (χ4n) is 1.64. The minimum absolute atomic E-state index is 0.129. The first-order valence-corrected chi connectivity index (χ1v) is 6.37. The van der Waals surface area contributed by atoms with Crippen molar-refractivity contribution in [3.63, 3.8) is 0 Å². The van der Waals surface area contributed by atoms with Crippen LogP contribution >= 0.6 is 0 Å². The van der Waals surface area contributed by atoms with Crippen LogP contribution in [-0.4, -0.2) is 19.1 Å². The third kappa shape index (κ3) is 6.23. The molecule has 0 atom stereocenters. The van der Waals surface area contributed by atoms with E-state index in [0.717, 1.165) is 31.5 Å². The zero-order valence-corrected chi connectivity index (χ0v) is 10.7. The molecule has 0 aliphatic rings. The van der Waals surface area contributed by atoms with E-state index in [2.05, 4.69) is 5.32 Å². The highest BCUT2D eigenvalue weighted by Gasteiger charge is 2.00. The van der Waals surface area contributed by atoms with Gasteiger partial charge in [-0.15, -0.1) is 0 Å². The molecule has 4 heteroatoms. The number of anilines is 1. The van der Waals surface area contributed by atoms with Crippen LogP contribution in [0.3, 0.4) is 0 Å². The highest BCUT2D eigenvalue weighted by atomic mass is 19.1. The first-order chi connectivity index (χ1) is 8.72. The second-order valence-electron chi connectivity index (χ2n) is 4.05. The number of halogens is 1. The van der Waals surface area contributed by atoms with Crippen LogP contribution in [0.15, 0.2) is 24.3 Å². The Morgan fingerprint density at radius 3 is 2.89 bits per heavy atom. The van der Waals surface area contributed by atoms with Gasteiger partial charge in [0.1, 0.15) is 5.82 Å². The van der Waals surface area contributed by atoms with E-state index in [1.807, 2.05) is 6.07 Å². The van der Waals surface area contributed by atoms with Crippen LogP contribution < -0.4 is 5.32 Å². The first-order valence-electron chi connectivity index (χ1n) is 6.37. The number of unbranched alkanes of at least 4 members (excludes halogenated alkanes) is 2. The number of esters is 1. The van der Waals surface area contributed by atoms with Gasteiger partial charge in [0, 0.05) is 18.7 Å². The van der Waals surface area contributed by atoms with Gasteiger partial charge in [-0.2, -0.15) is 0 Å². The lowest BCUT2D eigenvalue weighted by Gasteiger charge is -2.06. The van der Waals surface area contributed by atoms with E-state index in [4.69, 9.17) is 4.74 Å². The maximum absolute atomic E-state index is 12.9. The van der Waals surface area contributed by atoms with Gasteiger partial charge in [0.25, 0.3) is 0 Å². The van der Waals surface area contributed by atoms with Crippen LogP contribution in [-0.2, 0) is 9.53 Å². The molecule has 1 rings (SSSR count). The number of hydrogen-bond acceptors (Lipinski definition) is 3. The fraction of sp³-hybridized carbons (Fsp3) is 0.500. The van der Waals surface area contributed by atoms with E-state index in [1.54, 1.807) is 13.0 Å². The first kappa shape index (κ1) is 14.5. The maximum atomic E-state index is 12.9. The summed E-state index contributed by atoms with van der Waals surface area (Å²) in [4.78, 5) is 11.1. The predicted molar refractivity (Wildman–Crippen MR) is 70.0 cm³/mol. The minimum atomic E-state index is -0.234. The summed E-state index contributed by atoms with van der Waals surface area (Å²) < 4.78 is 17.7. The molecule has 0 fully saturated rings. The van der Waals surface area contributed by atoms with Gasteiger partial charge in [-0.05, 0) is 38.0 Å². The van der Waals surface area contributed by atoms with E-state index >= 15 is 0 Å². The van der Waals surface area contributed by atoms with Crippen molar-refractivity contribution in [1.82, 2.24) is 0 Å². The average molecular weight is 253 g/mol. The molecule has 3 nitrogen and oxygen atoms in total. The lowest BCUT2D eigenvalue weighted by Crippen LogP contribution is -2.05. The van der Waals surface area contributed by atoms with Crippen molar-refractivity contribution in [3.8, 4) is 0 Å². The molecule has 0 aliphatic carbocycles. The lowest BCUT2D eigenvalue weighted by atomic mass is 10.2. The third-order valence-electron chi connectivity index (χ3n) is 2.52. The average Bonchev–Trinajstić information content (AvgIpc) is 2.34. The molecule has 1 aromatic carbocycles. The summed E-state index contributed by atoms with van der Waals surface area (Å²) in [5.41, 5.74) is 0.792. The number of ether oxygens (including phenoxy) is 1. The van der Waals surface area contributed by atoms with Crippen LogP contribution in [0.25, 0.3) is 0 Å². The Labute approximate surface area is 107 Å². The van der Waals surface area contributed by atoms with Crippen LogP contribution in [0.1, 0.15) is 32.6 Å². The Morgan fingerprint density at radius 1 is 1.33 bits per heavy atom. The molecule has 0 spiro atoms. The number of carbonyl (C=O) groups excluding carboxylic acids is 1. The summed E-state index contributed by atoms with van der Waals surface area (Å²) in [5.74, 6) is -0.363. The molecule has 0 radical (unpaired) electrons. The lowest BCUT2D eigenvalue weighted by molar-refractivity contribution is -0.143. The Hall–Kier alpha value is -1.58. The molecule has 0 bridgehead atoms. The van der Waals surface area contributed by atoms with Crippen molar-refractivity contribution in [1.29, 1.82) is 0 Å². The normalized spacial score (nSPS) is 10.1. The van der Waals surface area contributed by atoms with Gasteiger partial charge in [-0.25, -0.2) is 4.39 Å². The number of nitrogens with one attached hydrogen (secondary N) is 1. The van der Waals surface area contributed by atoms with Crippen LogP contribution in [0.4, 0.5) is 10.1 Å². The third-order valence-corrected chi connectivity index (χ3v) is 2.52. The molecule has 0 saturated carbocycles. The smallest absolute Gasteiger partial charge is 0.305 e. The molecule has 1 aromatic rings. The molecule has 0 aliphatic heterocycles. The Kier molecular flexibility index (Phi) is 6.84. The number of benzene rings is 1. The highest BCUT2D eigenvalue weighted by Crippen LogP contribution is 2.09. The molecule has 0 aromatic heterocycles. The molecule has 0 unspecified atom stereocenters. The summed E-state index contributed by atoms with van der Waals surface area (Å²) in [6.45, 7) is 3.03. The van der Waals surface area contributed by atoms with Gasteiger partial charge in [-0.3, -0.25) is 4.79 Å². The number of carbonyl (C=O) groups is 1. The van der Waals surface area contributed by atoms with Gasteiger partial charge in [0.05, 0.1) is 6.61 Å². The Balaban J connectivity index is 2.04. The summed E-state index contributed by atoms with van der Waals surface area (Å²) in [6, 6.07) is 6.41. The largest absolute Gasteiger partial charge is 0.466 e. The second-order valence-corrected chi connectivity index (χ2v) is 4.05. The fourth-order valence-corrected chi connectivity index (χ4v) is 1.64. The molecule has 0 amide bonds. The van der Waals surface area contributed by atoms with Gasteiger partial charge < -0.3 is 10.1 Å². The summed E-state index contributed by atoms with van der Waals surface area (Å²) in [6.07, 6.45) is 3.23. The summed E-state index contributed by atoms with van der Waals surface area (Å²) in [5, 5.41) is 3.14. The topological polar surface area (TPSA) is 38.3 Å². The zero-order valence-electron chi connectivity index (χ0n) is 10.7. The van der Waals surface area contributed by atoms with E-state index in [1.165, 1.54) is 12.1 Å². The molecule has 100 valence electrons. The van der Waals surface area contributed by atoms with Gasteiger partial charge in [0.15, 0.2) is 0 Å². The van der Waals surface area contributed by atoms with E-state index < -0.39 is 0 Å². The van der Waals surface area contributed by atoms with Crippen molar-refractivity contribution in [2.75, 3.05) is 18.5 Å². The number of hydrogen-bond donors (Lipinski definition) is 1. The van der Waals surface area contributed by atoms with Gasteiger partial charge in [-0.1, -0.05) is 12.5 Å². The van der Waals surface area contributed by atoms with Gasteiger partial charge >= 0.3 is 5.97 Å². The standard InChI is InChI=1S/C14H20FNO2/c1-2-18-14(17)9-4-3-5-10-16-13-8-6-7-12(15)11-13/h6-8,11,16H,2-5,9-10H2,1H3. The Bertz CT molecular complexity index is 369. The van der Waals surface area contributed by atoms with Crippen LogP contribution in [0.2, 0.25) is 0 Å². The molecule has 0 heterocycles. The van der Waals surface area contributed by atoms with Crippen LogP contribution in [0.5, 0.6) is 0 Å². The van der Waals surface area contributed by atoms with E-state index in [9.17, 15) is 9.18 Å². The molecule has 1 N–H and O–H groups in total. The van der Waals surface area contributed by atoms with Crippen LogP contribution in [0, 0.1) is 5.82 Å². The number of rotatable bonds is 8.